The van der Waals surface area contributed by atoms with Crippen molar-refractivity contribution in [3.63, 3.8) is 0 Å². The summed E-state index contributed by atoms with van der Waals surface area (Å²) in [6.07, 6.45) is 7.12. The Labute approximate surface area is 140 Å². The third kappa shape index (κ3) is 3.22. The van der Waals surface area contributed by atoms with Crippen molar-refractivity contribution >= 4 is 15.9 Å². The van der Waals surface area contributed by atoms with Gasteiger partial charge < -0.3 is 9.32 Å². The smallest absolute Gasteiger partial charge is 0.243 e. The van der Waals surface area contributed by atoms with Crippen LogP contribution in [-0.4, -0.2) is 42.6 Å². The second kappa shape index (κ2) is 6.40. The van der Waals surface area contributed by atoms with Gasteiger partial charge in [0, 0.05) is 38.8 Å². The van der Waals surface area contributed by atoms with Crippen LogP contribution in [0.4, 0.5) is 0 Å². The summed E-state index contributed by atoms with van der Waals surface area (Å²) in [5.41, 5.74) is 0.903. The fraction of sp³-hybridized carbons (Fsp3) is 0.467. The number of carbonyl (C=O) groups excluding carboxylic acids is 1. The number of nitrogens with one attached hydrogen (secondary N) is 1. The number of carbonyl (C=O) groups is 1. The highest BCUT2D eigenvalue weighted by molar-refractivity contribution is 7.89. The molecule has 1 N–H and O–H groups in total. The summed E-state index contributed by atoms with van der Waals surface area (Å²) in [5, 5.41) is 4.16. The number of sulfonamides is 1. The van der Waals surface area contributed by atoms with Gasteiger partial charge in [0.1, 0.15) is 11.2 Å². The van der Waals surface area contributed by atoms with Gasteiger partial charge in [-0.3, -0.25) is 9.48 Å². The van der Waals surface area contributed by atoms with E-state index in [-0.39, 0.29) is 29.3 Å². The molecule has 0 bridgehead atoms. The molecule has 0 unspecified atom stereocenters. The molecule has 24 heavy (non-hydrogen) atoms. The summed E-state index contributed by atoms with van der Waals surface area (Å²) in [6.45, 7) is 0.241. The van der Waals surface area contributed by atoms with Crippen LogP contribution in [0.25, 0.3) is 0 Å². The summed E-state index contributed by atoms with van der Waals surface area (Å²) >= 11 is 0. The molecule has 1 aliphatic rings. The van der Waals surface area contributed by atoms with Crippen LogP contribution < -0.4 is 4.72 Å². The summed E-state index contributed by atoms with van der Waals surface area (Å²) in [5.74, 6) is 0.0244. The molecule has 1 saturated heterocycles. The summed E-state index contributed by atoms with van der Waals surface area (Å²) in [6, 6.07) is 1.20. The molecule has 2 aromatic heterocycles. The molecule has 0 spiro atoms. The van der Waals surface area contributed by atoms with Gasteiger partial charge in [0.05, 0.1) is 18.5 Å². The molecule has 1 aliphatic heterocycles. The summed E-state index contributed by atoms with van der Waals surface area (Å²) < 4.78 is 33.7. The maximum atomic E-state index is 12.3. The van der Waals surface area contributed by atoms with E-state index in [9.17, 15) is 13.2 Å². The van der Waals surface area contributed by atoms with Crippen molar-refractivity contribution in [2.75, 3.05) is 13.6 Å². The molecule has 1 fully saturated rings. The van der Waals surface area contributed by atoms with Gasteiger partial charge in [-0.15, -0.1) is 0 Å². The normalized spacial score (nSPS) is 22.1. The van der Waals surface area contributed by atoms with Crippen LogP contribution in [0.1, 0.15) is 24.4 Å². The number of hydrogen-bond acceptors (Lipinski definition) is 5. The Morgan fingerprint density at radius 3 is 2.83 bits per heavy atom. The van der Waals surface area contributed by atoms with Crippen molar-refractivity contribution in [3.05, 3.63) is 36.5 Å². The van der Waals surface area contributed by atoms with Gasteiger partial charge in [0.15, 0.2) is 0 Å². The summed E-state index contributed by atoms with van der Waals surface area (Å²) in [7, 11) is -0.0587. The van der Waals surface area contributed by atoms with Crippen molar-refractivity contribution in [3.8, 4) is 0 Å². The van der Waals surface area contributed by atoms with Gasteiger partial charge in [0.25, 0.3) is 0 Å². The Morgan fingerprint density at radius 2 is 2.21 bits per heavy atom. The molecule has 0 aromatic carbocycles. The van der Waals surface area contributed by atoms with Crippen molar-refractivity contribution in [1.82, 2.24) is 19.4 Å². The molecular formula is C15H20N4O4S. The number of hydrogen-bond donors (Lipinski definition) is 1. The number of nitrogens with zero attached hydrogens (tertiary/aromatic N) is 3. The van der Waals surface area contributed by atoms with E-state index < -0.39 is 10.0 Å². The fourth-order valence-corrected chi connectivity index (χ4v) is 4.14. The number of amides is 1. The van der Waals surface area contributed by atoms with Crippen molar-refractivity contribution < 1.29 is 17.6 Å². The molecule has 3 heterocycles. The van der Waals surface area contributed by atoms with Gasteiger partial charge in [0.2, 0.25) is 15.9 Å². The molecule has 2 atom stereocenters. The minimum Gasteiger partial charge on any atom is -0.471 e. The van der Waals surface area contributed by atoms with E-state index in [1.165, 1.54) is 18.6 Å². The Morgan fingerprint density at radius 1 is 1.42 bits per heavy atom. The number of piperidine rings is 1. The minimum atomic E-state index is -3.62. The fourth-order valence-electron chi connectivity index (χ4n) is 3.12. The predicted octanol–water partition coefficient (Wildman–Crippen LogP) is 0.901. The quantitative estimate of drug-likeness (QED) is 0.862. The van der Waals surface area contributed by atoms with Gasteiger partial charge in [-0.1, -0.05) is 0 Å². The number of rotatable bonds is 5. The van der Waals surface area contributed by atoms with Gasteiger partial charge in [-0.25, -0.2) is 13.1 Å². The molecule has 1 amide bonds. The number of aryl methyl sites for hydroxylation is 1. The van der Waals surface area contributed by atoms with Gasteiger partial charge in [-0.05, 0) is 18.4 Å². The number of furan rings is 1. The van der Waals surface area contributed by atoms with E-state index in [1.807, 2.05) is 13.2 Å². The zero-order valence-electron chi connectivity index (χ0n) is 13.5. The monoisotopic (exact) mass is 352 g/mol. The zero-order chi connectivity index (χ0) is 17.3. The lowest BCUT2D eigenvalue weighted by molar-refractivity contribution is -0.136. The first-order chi connectivity index (χ1) is 11.4. The molecular weight excluding hydrogens is 332 g/mol. The van der Waals surface area contributed by atoms with Crippen molar-refractivity contribution in [2.45, 2.75) is 23.8 Å². The van der Waals surface area contributed by atoms with E-state index in [0.717, 1.165) is 5.56 Å². The molecule has 3 rings (SSSR count). The second-order valence-corrected chi connectivity index (χ2v) is 7.77. The molecule has 0 radical (unpaired) electrons. The highest BCUT2D eigenvalue weighted by Crippen LogP contribution is 2.35. The molecule has 0 saturated carbocycles. The standard InChI is InChI=1S/C15H20N4O4S/c1-18-9-12(7-16-18)15-11(3-4-14(20)19(15)2)8-17-24(21,22)13-5-6-23-10-13/h5-7,9-11,15,17H,3-4,8H2,1-2H3/t11-,15+/m1/s1. The van der Waals surface area contributed by atoms with E-state index in [4.69, 9.17) is 4.42 Å². The lowest BCUT2D eigenvalue weighted by atomic mass is 9.86. The maximum Gasteiger partial charge on any atom is 0.243 e. The largest absolute Gasteiger partial charge is 0.471 e. The first-order valence-corrected chi connectivity index (χ1v) is 9.13. The first-order valence-electron chi connectivity index (χ1n) is 7.64. The third-order valence-electron chi connectivity index (χ3n) is 4.39. The van der Waals surface area contributed by atoms with Crippen LogP contribution in [0, 0.1) is 5.92 Å². The number of aromatic nitrogens is 2. The van der Waals surface area contributed by atoms with Crippen LogP contribution in [0.15, 0.2) is 40.3 Å². The third-order valence-corrected chi connectivity index (χ3v) is 5.79. The Bertz CT molecular complexity index is 812. The van der Waals surface area contributed by atoms with Crippen molar-refractivity contribution in [2.24, 2.45) is 13.0 Å². The van der Waals surface area contributed by atoms with E-state index in [0.29, 0.717) is 12.8 Å². The SMILES string of the molecule is CN1C(=O)CC[C@H](CNS(=O)(=O)c2ccoc2)[C@H]1c1cnn(C)c1. The highest BCUT2D eigenvalue weighted by Gasteiger charge is 2.36. The number of likely N-dealkylation sites (tertiary alicyclic amines) is 1. The lowest BCUT2D eigenvalue weighted by Crippen LogP contribution is -2.44. The van der Waals surface area contributed by atoms with Crippen LogP contribution >= 0.6 is 0 Å². The Kier molecular flexibility index (Phi) is 4.46. The molecule has 130 valence electrons. The molecule has 0 aliphatic carbocycles. The Balaban J connectivity index is 1.79. The van der Waals surface area contributed by atoms with Gasteiger partial charge in [-0.2, -0.15) is 5.10 Å². The minimum absolute atomic E-state index is 0.0291. The lowest BCUT2D eigenvalue weighted by Gasteiger charge is -2.38. The van der Waals surface area contributed by atoms with E-state index in [1.54, 1.807) is 22.8 Å². The van der Waals surface area contributed by atoms with Crippen molar-refractivity contribution in [1.29, 1.82) is 0 Å². The van der Waals surface area contributed by atoms with E-state index >= 15 is 0 Å². The maximum absolute atomic E-state index is 12.3. The Hall–Kier alpha value is -2.13. The molecule has 9 heteroatoms. The van der Waals surface area contributed by atoms with Crippen LogP contribution in [0.5, 0.6) is 0 Å². The zero-order valence-corrected chi connectivity index (χ0v) is 14.4. The molecule has 8 nitrogen and oxygen atoms in total. The topological polar surface area (TPSA) is 97.4 Å². The average molecular weight is 352 g/mol. The predicted molar refractivity (Wildman–Crippen MR) is 85.3 cm³/mol. The average Bonchev–Trinajstić information content (AvgIpc) is 3.20. The van der Waals surface area contributed by atoms with E-state index in [2.05, 4.69) is 9.82 Å². The van der Waals surface area contributed by atoms with Crippen LogP contribution in [-0.2, 0) is 21.9 Å². The summed E-state index contributed by atoms with van der Waals surface area (Å²) in [4.78, 5) is 13.8. The van der Waals surface area contributed by atoms with Crippen LogP contribution in [0.3, 0.4) is 0 Å². The highest BCUT2D eigenvalue weighted by atomic mass is 32.2. The van der Waals surface area contributed by atoms with Gasteiger partial charge >= 0.3 is 0 Å². The van der Waals surface area contributed by atoms with Crippen LogP contribution in [0.2, 0.25) is 0 Å². The first kappa shape index (κ1) is 16.7. The second-order valence-electron chi connectivity index (χ2n) is 6.01. The molecule has 2 aromatic rings.